The lowest BCUT2D eigenvalue weighted by molar-refractivity contribution is 0.237. The standard InChI is InChI=1S/C16H23N3S/c1-11(19(3)13-8-9-13)10-17-12(2)16-18-14-6-4-5-7-15(14)20-16/h4-7,11-13,17H,8-10H2,1-3H3. The summed E-state index contributed by atoms with van der Waals surface area (Å²) in [5, 5.41) is 4.82. The predicted molar refractivity (Wildman–Crippen MR) is 86.3 cm³/mol. The van der Waals surface area contributed by atoms with Crippen LogP contribution in [0, 0.1) is 0 Å². The largest absolute Gasteiger partial charge is 0.307 e. The fourth-order valence-electron chi connectivity index (χ4n) is 2.50. The van der Waals surface area contributed by atoms with Gasteiger partial charge >= 0.3 is 0 Å². The maximum Gasteiger partial charge on any atom is 0.111 e. The van der Waals surface area contributed by atoms with Gasteiger partial charge in [-0.15, -0.1) is 11.3 Å². The molecule has 0 radical (unpaired) electrons. The van der Waals surface area contributed by atoms with E-state index in [2.05, 4.69) is 55.4 Å². The second-order valence-electron chi connectivity index (χ2n) is 5.90. The molecule has 1 heterocycles. The summed E-state index contributed by atoms with van der Waals surface area (Å²) in [7, 11) is 2.24. The number of likely N-dealkylation sites (N-methyl/N-ethyl adjacent to an activating group) is 1. The van der Waals surface area contributed by atoms with Crippen molar-refractivity contribution in [1.29, 1.82) is 0 Å². The summed E-state index contributed by atoms with van der Waals surface area (Å²) in [6.45, 7) is 5.53. The Hall–Kier alpha value is -0.970. The van der Waals surface area contributed by atoms with Crippen LogP contribution in [0.25, 0.3) is 10.2 Å². The zero-order valence-corrected chi connectivity index (χ0v) is 13.3. The number of nitrogens with zero attached hydrogens (tertiary/aromatic N) is 2. The van der Waals surface area contributed by atoms with Crippen LogP contribution in [0.5, 0.6) is 0 Å². The quantitative estimate of drug-likeness (QED) is 0.883. The molecule has 1 aromatic heterocycles. The number of nitrogens with one attached hydrogen (secondary N) is 1. The van der Waals surface area contributed by atoms with Gasteiger partial charge in [-0.1, -0.05) is 12.1 Å². The Morgan fingerprint density at radius 3 is 2.80 bits per heavy atom. The lowest BCUT2D eigenvalue weighted by Gasteiger charge is -2.26. The summed E-state index contributed by atoms with van der Waals surface area (Å²) in [5.41, 5.74) is 1.12. The molecule has 1 aliphatic carbocycles. The minimum atomic E-state index is 0.322. The Morgan fingerprint density at radius 1 is 1.35 bits per heavy atom. The van der Waals surface area contributed by atoms with Crippen molar-refractivity contribution in [2.45, 2.75) is 44.8 Å². The van der Waals surface area contributed by atoms with E-state index in [1.54, 1.807) is 11.3 Å². The molecule has 1 aliphatic rings. The van der Waals surface area contributed by atoms with Gasteiger partial charge in [-0.3, -0.25) is 4.90 Å². The van der Waals surface area contributed by atoms with E-state index in [1.807, 2.05) is 0 Å². The zero-order chi connectivity index (χ0) is 14.1. The molecule has 2 unspecified atom stereocenters. The van der Waals surface area contributed by atoms with E-state index in [4.69, 9.17) is 4.98 Å². The van der Waals surface area contributed by atoms with E-state index in [0.29, 0.717) is 12.1 Å². The van der Waals surface area contributed by atoms with Gasteiger partial charge in [0.1, 0.15) is 5.01 Å². The SMILES string of the molecule is CC(NCC(C)N(C)C1CC1)c1nc2ccccc2s1. The summed E-state index contributed by atoms with van der Waals surface area (Å²) in [6, 6.07) is 10.1. The summed E-state index contributed by atoms with van der Waals surface area (Å²) in [4.78, 5) is 7.22. The first-order chi connectivity index (χ1) is 9.65. The van der Waals surface area contributed by atoms with Crippen molar-refractivity contribution in [3.63, 3.8) is 0 Å². The number of benzene rings is 1. The topological polar surface area (TPSA) is 28.2 Å². The summed E-state index contributed by atoms with van der Waals surface area (Å²) in [6.07, 6.45) is 2.74. The second kappa shape index (κ2) is 5.80. The molecule has 4 heteroatoms. The van der Waals surface area contributed by atoms with E-state index in [0.717, 1.165) is 18.1 Å². The third kappa shape index (κ3) is 3.03. The van der Waals surface area contributed by atoms with E-state index in [-0.39, 0.29) is 0 Å². The molecule has 0 spiro atoms. The molecule has 1 N–H and O–H groups in total. The number of hydrogen-bond donors (Lipinski definition) is 1. The van der Waals surface area contributed by atoms with Gasteiger partial charge in [-0.05, 0) is 45.9 Å². The van der Waals surface area contributed by atoms with Crippen molar-refractivity contribution in [3.8, 4) is 0 Å². The number of hydrogen-bond acceptors (Lipinski definition) is 4. The lowest BCUT2D eigenvalue weighted by atomic mass is 10.2. The third-order valence-electron chi connectivity index (χ3n) is 4.22. The molecule has 0 amide bonds. The minimum absolute atomic E-state index is 0.322. The van der Waals surface area contributed by atoms with Gasteiger partial charge in [0, 0.05) is 18.6 Å². The molecule has 3 rings (SSSR count). The van der Waals surface area contributed by atoms with Crippen molar-refractivity contribution in [1.82, 2.24) is 15.2 Å². The normalized spacial score (nSPS) is 18.6. The van der Waals surface area contributed by atoms with Crippen molar-refractivity contribution in [2.24, 2.45) is 0 Å². The van der Waals surface area contributed by atoms with Gasteiger partial charge in [0.05, 0.1) is 16.3 Å². The third-order valence-corrected chi connectivity index (χ3v) is 5.44. The van der Waals surface area contributed by atoms with E-state index in [1.165, 1.54) is 22.5 Å². The highest BCUT2D eigenvalue weighted by molar-refractivity contribution is 7.18. The van der Waals surface area contributed by atoms with Crippen LogP contribution in [-0.4, -0.2) is 35.6 Å². The number of aromatic nitrogens is 1. The van der Waals surface area contributed by atoms with Gasteiger partial charge in [0.15, 0.2) is 0 Å². The van der Waals surface area contributed by atoms with Crippen LogP contribution in [0.3, 0.4) is 0 Å². The van der Waals surface area contributed by atoms with Crippen LogP contribution in [-0.2, 0) is 0 Å². The van der Waals surface area contributed by atoms with Crippen LogP contribution in [0.15, 0.2) is 24.3 Å². The molecule has 2 atom stereocenters. The zero-order valence-electron chi connectivity index (χ0n) is 12.5. The Bertz CT molecular complexity index is 543. The highest BCUT2D eigenvalue weighted by Gasteiger charge is 2.29. The first kappa shape index (κ1) is 14.0. The van der Waals surface area contributed by atoms with Gasteiger partial charge in [0.25, 0.3) is 0 Å². The molecule has 1 aromatic carbocycles. The van der Waals surface area contributed by atoms with Crippen LogP contribution in [0.4, 0.5) is 0 Å². The molecule has 108 valence electrons. The van der Waals surface area contributed by atoms with Gasteiger partial charge in [-0.25, -0.2) is 4.98 Å². The van der Waals surface area contributed by atoms with Gasteiger partial charge in [0.2, 0.25) is 0 Å². The highest BCUT2D eigenvalue weighted by Crippen LogP contribution is 2.28. The number of rotatable bonds is 6. The average molecular weight is 289 g/mol. The number of fused-ring (bicyclic) bond motifs is 1. The second-order valence-corrected chi connectivity index (χ2v) is 6.96. The molecule has 0 saturated heterocycles. The Kier molecular flexibility index (Phi) is 4.06. The average Bonchev–Trinajstić information content (AvgIpc) is 3.21. The molecular weight excluding hydrogens is 266 g/mol. The van der Waals surface area contributed by atoms with E-state index < -0.39 is 0 Å². The summed E-state index contributed by atoms with van der Waals surface area (Å²) in [5.74, 6) is 0. The molecule has 3 nitrogen and oxygen atoms in total. The Morgan fingerprint density at radius 2 is 2.10 bits per heavy atom. The van der Waals surface area contributed by atoms with Crippen molar-refractivity contribution < 1.29 is 0 Å². The predicted octanol–water partition coefficient (Wildman–Crippen LogP) is 3.43. The highest BCUT2D eigenvalue weighted by atomic mass is 32.1. The number of thiazole rings is 1. The molecule has 2 aromatic rings. The smallest absolute Gasteiger partial charge is 0.111 e. The molecule has 20 heavy (non-hydrogen) atoms. The van der Waals surface area contributed by atoms with Crippen molar-refractivity contribution >= 4 is 21.6 Å². The van der Waals surface area contributed by atoms with Crippen LogP contribution < -0.4 is 5.32 Å². The maximum absolute atomic E-state index is 4.73. The molecule has 0 bridgehead atoms. The number of para-hydroxylation sites is 1. The summed E-state index contributed by atoms with van der Waals surface area (Å²) >= 11 is 1.80. The fourth-order valence-corrected chi connectivity index (χ4v) is 3.49. The fraction of sp³-hybridized carbons (Fsp3) is 0.562. The van der Waals surface area contributed by atoms with Crippen molar-refractivity contribution in [3.05, 3.63) is 29.3 Å². The lowest BCUT2D eigenvalue weighted by Crippen LogP contribution is -2.39. The molecular formula is C16H23N3S. The van der Waals surface area contributed by atoms with Crippen LogP contribution in [0.2, 0.25) is 0 Å². The van der Waals surface area contributed by atoms with Crippen LogP contribution >= 0.6 is 11.3 Å². The van der Waals surface area contributed by atoms with E-state index >= 15 is 0 Å². The summed E-state index contributed by atoms with van der Waals surface area (Å²) < 4.78 is 1.28. The first-order valence-corrected chi connectivity index (χ1v) is 8.27. The maximum atomic E-state index is 4.73. The monoisotopic (exact) mass is 289 g/mol. The Balaban J connectivity index is 1.59. The molecule has 1 fully saturated rings. The van der Waals surface area contributed by atoms with Crippen molar-refractivity contribution in [2.75, 3.05) is 13.6 Å². The van der Waals surface area contributed by atoms with Gasteiger partial charge in [-0.2, -0.15) is 0 Å². The van der Waals surface area contributed by atoms with E-state index in [9.17, 15) is 0 Å². The Labute approximate surface area is 125 Å². The molecule has 0 aliphatic heterocycles. The van der Waals surface area contributed by atoms with Gasteiger partial charge < -0.3 is 5.32 Å². The minimum Gasteiger partial charge on any atom is -0.307 e. The molecule has 1 saturated carbocycles. The first-order valence-electron chi connectivity index (χ1n) is 7.46. The van der Waals surface area contributed by atoms with Crippen LogP contribution in [0.1, 0.15) is 37.7 Å².